The van der Waals surface area contributed by atoms with E-state index in [9.17, 15) is 14.0 Å². The lowest BCUT2D eigenvalue weighted by Gasteiger charge is -2.18. The smallest absolute Gasteiger partial charge is 0.267 e. The molecule has 0 bridgehead atoms. The maximum atomic E-state index is 13.8. The van der Waals surface area contributed by atoms with E-state index in [2.05, 4.69) is 22.1 Å². The zero-order valence-electron chi connectivity index (χ0n) is 19.0. The summed E-state index contributed by atoms with van der Waals surface area (Å²) in [5.41, 5.74) is 3.70. The van der Waals surface area contributed by atoms with Crippen LogP contribution in [0.15, 0.2) is 66.0 Å². The lowest BCUT2D eigenvalue weighted by atomic mass is 10.0. The molecule has 174 valence electrons. The molecule has 1 aromatic heterocycles. The first-order valence-corrected chi connectivity index (χ1v) is 10.8. The van der Waals surface area contributed by atoms with Crippen molar-refractivity contribution in [2.75, 3.05) is 23.9 Å². The fourth-order valence-corrected chi connectivity index (χ4v) is 3.97. The number of nitrogens with zero attached hydrogens (tertiary/aromatic N) is 2. The van der Waals surface area contributed by atoms with Crippen molar-refractivity contribution in [2.24, 2.45) is 0 Å². The standard InChI is InChI=1S/C26H25FN4O3/c1-4-5-6-22-16(2)25(32)30-29-24(22)17-7-9-20(10-8-17)31-12-11-23(26(31)33)28-19-13-18(27)14-21(15-19)34-3/h4-10,13-15,23,28H,1,11-12H2,2-3H3,(H,30,32)/b6-5-. The average molecular weight is 461 g/mol. The van der Waals surface area contributed by atoms with E-state index in [1.165, 1.54) is 19.2 Å². The predicted molar refractivity (Wildman–Crippen MR) is 132 cm³/mol. The van der Waals surface area contributed by atoms with Gasteiger partial charge in [0.1, 0.15) is 17.6 Å². The first-order valence-electron chi connectivity index (χ1n) is 10.8. The molecule has 1 fully saturated rings. The monoisotopic (exact) mass is 460 g/mol. The van der Waals surface area contributed by atoms with Crippen LogP contribution in [-0.2, 0) is 4.79 Å². The summed E-state index contributed by atoms with van der Waals surface area (Å²) >= 11 is 0. The molecule has 2 aromatic carbocycles. The summed E-state index contributed by atoms with van der Waals surface area (Å²) < 4.78 is 18.9. The number of amides is 1. The van der Waals surface area contributed by atoms with Gasteiger partial charge in [0.2, 0.25) is 5.91 Å². The molecule has 3 aromatic rings. The minimum Gasteiger partial charge on any atom is -0.497 e. The van der Waals surface area contributed by atoms with Crippen LogP contribution >= 0.6 is 0 Å². The Kier molecular flexibility index (Phi) is 6.58. The van der Waals surface area contributed by atoms with Crippen molar-refractivity contribution in [3.8, 4) is 17.0 Å². The molecule has 0 radical (unpaired) electrons. The number of hydrogen-bond acceptors (Lipinski definition) is 5. The minimum absolute atomic E-state index is 0.0939. The molecule has 2 heterocycles. The van der Waals surface area contributed by atoms with E-state index in [0.29, 0.717) is 41.2 Å². The van der Waals surface area contributed by atoms with Gasteiger partial charge in [-0.05, 0) is 31.5 Å². The van der Waals surface area contributed by atoms with Crippen LogP contribution < -0.4 is 20.5 Å². The largest absolute Gasteiger partial charge is 0.497 e. The topological polar surface area (TPSA) is 87.3 Å². The number of hydrogen-bond donors (Lipinski definition) is 2. The molecule has 1 aliphatic heterocycles. The number of carbonyl (C=O) groups excluding carboxylic acids is 1. The van der Waals surface area contributed by atoms with Gasteiger partial charge in [0.25, 0.3) is 5.56 Å². The molecule has 7 nitrogen and oxygen atoms in total. The molecular weight excluding hydrogens is 435 g/mol. The molecule has 1 saturated heterocycles. The SMILES string of the molecule is C=C/C=C\c1c(-c2ccc(N3CCC(Nc4cc(F)cc(OC)c4)C3=O)cc2)n[nH]c(=O)c1C. The maximum absolute atomic E-state index is 13.8. The second-order valence-electron chi connectivity index (χ2n) is 7.94. The van der Waals surface area contributed by atoms with Gasteiger partial charge in [-0.2, -0.15) is 5.10 Å². The number of methoxy groups -OCH3 is 1. The normalized spacial score (nSPS) is 15.7. The predicted octanol–water partition coefficient (Wildman–Crippen LogP) is 4.31. The number of benzene rings is 2. The van der Waals surface area contributed by atoms with Gasteiger partial charge in [-0.15, -0.1) is 0 Å². The van der Waals surface area contributed by atoms with Crippen LogP contribution in [0.2, 0.25) is 0 Å². The summed E-state index contributed by atoms with van der Waals surface area (Å²) in [7, 11) is 1.47. The van der Waals surface area contributed by atoms with Crippen LogP contribution in [0.25, 0.3) is 17.3 Å². The number of carbonyl (C=O) groups is 1. The molecule has 0 spiro atoms. The third-order valence-corrected chi connectivity index (χ3v) is 5.77. The first-order chi connectivity index (χ1) is 16.4. The summed E-state index contributed by atoms with van der Waals surface area (Å²) in [4.78, 5) is 26.7. The number of H-pyrrole nitrogens is 1. The van der Waals surface area contributed by atoms with Crippen LogP contribution in [0.3, 0.4) is 0 Å². The van der Waals surface area contributed by atoms with Crippen LogP contribution in [0, 0.1) is 12.7 Å². The van der Waals surface area contributed by atoms with Gasteiger partial charge in [-0.25, -0.2) is 9.49 Å². The Bertz CT molecular complexity index is 1310. The number of ether oxygens (including phenoxy) is 1. The van der Waals surface area contributed by atoms with E-state index in [1.54, 1.807) is 36.1 Å². The third-order valence-electron chi connectivity index (χ3n) is 5.77. The first kappa shape index (κ1) is 23.0. The molecule has 1 aliphatic rings. The number of allylic oxidation sites excluding steroid dienone is 2. The molecular formula is C26H25FN4O3. The maximum Gasteiger partial charge on any atom is 0.267 e. The summed E-state index contributed by atoms with van der Waals surface area (Å²) in [5, 5.41) is 9.87. The van der Waals surface area contributed by atoms with Crippen molar-refractivity contribution in [2.45, 2.75) is 19.4 Å². The Morgan fingerprint density at radius 3 is 2.71 bits per heavy atom. The molecule has 34 heavy (non-hydrogen) atoms. The fraction of sp³-hybridized carbons (Fsp3) is 0.192. The van der Waals surface area contributed by atoms with Crippen LogP contribution in [0.5, 0.6) is 5.75 Å². The number of aromatic amines is 1. The molecule has 4 rings (SSSR count). The Labute approximate surface area is 196 Å². The van der Waals surface area contributed by atoms with Crippen molar-refractivity contribution in [1.82, 2.24) is 10.2 Å². The number of anilines is 2. The Morgan fingerprint density at radius 1 is 1.24 bits per heavy atom. The molecule has 8 heteroatoms. The summed E-state index contributed by atoms with van der Waals surface area (Å²) in [6.45, 7) is 5.95. The Balaban J connectivity index is 1.54. The van der Waals surface area contributed by atoms with Gasteiger partial charge in [0, 0.05) is 46.7 Å². The van der Waals surface area contributed by atoms with Crippen molar-refractivity contribution < 1.29 is 13.9 Å². The fourth-order valence-electron chi connectivity index (χ4n) is 3.97. The van der Waals surface area contributed by atoms with Crippen molar-refractivity contribution in [3.05, 3.63) is 88.5 Å². The molecule has 0 saturated carbocycles. The highest BCUT2D eigenvalue weighted by atomic mass is 19.1. The molecule has 0 aliphatic carbocycles. The van der Waals surface area contributed by atoms with E-state index in [-0.39, 0.29) is 11.5 Å². The van der Waals surface area contributed by atoms with Crippen molar-refractivity contribution in [1.29, 1.82) is 0 Å². The van der Waals surface area contributed by atoms with Crippen LogP contribution in [0.1, 0.15) is 17.5 Å². The second-order valence-corrected chi connectivity index (χ2v) is 7.94. The van der Waals surface area contributed by atoms with Gasteiger partial charge < -0.3 is 15.0 Å². The van der Waals surface area contributed by atoms with E-state index < -0.39 is 11.9 Å². The number of rotatable bonds is 7. The van der Waals surface area contributed by atoms with Crippen LogP contribution in [-0.4, -0.2) is 35.8 Å². The number of halogens is 1. The lowest BCUT2D eigenvalue weighted by molar-refractivity contribution is -0.117. The number of nitrogens with one attached hydrogen (secondary N) is 2. The van der Waals surface area contributed by atoms with Gasteiger partial charge in [-0.3, -0.25) is 9.59 Å². The van der Waals surface area contributed by atoms with E-state index in [4.69, 9.17) is 4.74 Å². The van der Waals surface area contributed by atoms with E-state index in [0.717, 1.165) is 11.3 Å². The zero-order chi connectivity index (χ0) is 24.2. The molecule has 1 unspecified atom stereocenters. The third kappa shape index (κ3) is 4.61. The summed E-state index contributed by atoms with van der Waals surface area (Å²) in [6.07, 6.45) is 5.77. The Morgan fingerprint density at radius 2 is 2.00 bits per heavy atom. The molecule has 1 atom stereocenters. The second kappa shape index (κ2) is 9.74. The van der Waals surface area contributed by atoms with Crippen molar-refractivity contribution in [3.63, 3.8) is 0 Å². The highest BCUT2D eigenvalue weighted by molar-refractivity contribution is 6.01. The van der Waals surface area contributed by atoms with Crippen LogP contribution in [0.4, 0.5) is 15.8 Å². The summed E-state index contributed by atoms with van der Waals surface area (Å²) in [5.74, 6) is -0.148. The van der Waals surface area contributed by atoms with Gasteiger partial charge >= 0.3 is 0 Å². The quantitative estimate of drug-likeness (QED) is 0.513. The highest BCUT2D eigenvalue weighted by Crippen LogP contribution is 2.29. The summed E-state index contributed by atoms with van der Waals surface area (Å²) in [6, 6.07) is 11.3. The highest BCUT2D eigenvalue weighted by Gasteiger charge is 2.32. The van der Waals surface area contributed by atoms with Gasteiger partial charge in [-0.1, -0.05) is 36.9 Å². The Hall–Kier alpha value is -4.20. The molecule has 2 N–H and O–H groups in total. The van der Waals surface area contributed by atoms with Gasteiger partial charge in [0.05, 0.1) is 12.8 Å². The van der Waals surface area contributed by atoms with E-state index >= 15 is 0 Å². The zero-order valence-corrected chi connectivity index (χ0v) is 19.0. The van der Waals surface area contributed by atoms with E-state index in [1.807, 2.05) is 24.3 Å². The average Bonchev–Trinajstić information content (AvgIpc) is 3.19. The molecule has 1 amide bonds. The lowest BCUT2D eigenvalue weighted by Crippen LogP contribution is -2.33. The van der Waals surface area contributed by atoms with Crippen molar-refractivity contribution >= 4 is 23.4 Å². The minimum atomic E-state index is -0.467. The number of aromatic nitrogens is 2. The van der Waals surface area contributed by atoms with Gasteiger partial charge in [0.15, 0.2) is 0 Å².